The number of esters is 1. The van der Waals surface area contributed by atoms with E-state index in [-0.39, 0.29) is 74.7 Å². The van der Waals surface area contributed by atoms with Gasteiger partial charge in [-0.25, -0.2) is 4.79 Å². The molecule has 0 spiro atoms. The van der Waals surface area contributed by atoms with E-state index in [2.05, 4.69) is 26.6 Å². The van der Waals surface area contributed by atoms with Crippen LogP contribution >= 0.6 is 0 Å². The van der Waals surface area contributed by atoms with Gasteiger partial charge in [-0.1, -0.05) is 134 Å². The molecule has 1 aromatic rings. The second-order valence-electron chi connectivity index (χ2n) is 28.9. The predicted octanol–water partition coefficient (Wildman–Crippen LogP) is 3.09. The highest BCUT2D eigenvalue weighted by Crippen LogP contribution is 2.25. The summed E-state index contributed by atoms with van der Waals surface area (Å²) in [6.45, 7) is 28.3. The van der Waals surface area contributed by atoms with Gasteiger partial charge >= 0.3 is 5.97 Å². The van der Waals surface area contributed by atoms with E-state index < -0.39 is 168 Å². The summed E-state index contributed by atoms with van der Waals surface area (Å²) in [7, 11) is 7.94. The van der Waals surface area contributed by atoms with E-state index in [4.69, 9.17) is 4.74 Å². The molecule has 1 aromatic carbocycles. The topological polar surface area (TPSA) is 334 Å². The van der Waals surface area contributed by atoms with Crippen LogP contribution in [0, 0.1) is 47.3 Å². The number of nitrogens with zero attached hydrogens (tertiary/aromatic N) is 6. The molecule has 0 radical (unpaired) electrons. The molecule has 1 fully saturated rings. The fourth-order valence-corrected chi connectivity index (χ4v) is 11.6. The Morgan fingerprint density at radius 3 is 1.36 bits per heavy atom. The van der Waals surface area contributed by atoms with Gasteiger partial charge in [0, 0.05) is 55.3 Å². The lowest BCUT2D eigenvalue weighted by Crippen LogP contribution is -2.64. The minimum absolute atomic E-state index is 0.0401. The van der Waals surface area contributed by atoms with Crippen molar-refractivity contribution in [3.8, 4) is 0 Å². The number of likely N-dealkylation sites (N-methyl/N-ethyl adjacent to an activating group) is 6. The van der Waals surface area contributed by atoms with Crippen LogP contribution in [-0.2, 0) is 68.8 Å². The summed E-state index contributed by atoms with van der Waals surface area (Å²) in [5.74, 6) is -13.2. The summed E-state index contributed by atoms with van der Waals surface area (Å²) in [6, 6.07) is -3.77. The Kier molecular flexibility index (Phi) is 34.0. The molecule has 11 amide bonds. The van der Waals surface area contributed by atoms with Crippen LogP contribution in [0.5, 0.6) is 0 Å². The van der Waals surface area contributed by atoms with E-state index in [1.54, 1.807) is 52.0 Å². The lowest BCUT2D eigenvalue weighted by molar-refractivity contribution is -0.166. The van der Waals surface area contributed by atoms with Crippen LogP contribution in [0.25, 0.3) is 0 Å². The standard InChI is InChI=1S/C69H117N11O15/c1-37(2)29-48-64(89)77(20)51(32-40(7)8)60(85)71-45(16)69(94)95-59(43(13)14)68(93)78(21)52(33-41(9)10)62(87)73-49(30-38(3)4)65(90)79(22)56(42(11)12)67(92)80(23)57(58(84)44(15)34-53(82)70-35-47-27-25-24-26-28-47)63(88)74-55(46(17)81)66(91)75(18)36-54(83)76(19)50(31-39(5)6)61(86)72-48/h24-28,37-46,48-52,55-59,81,84H,29-36H2,1-23H3,(H,70,82)(H,71,85)(H,72,86)(H,73,87)(H,74,88)/t44-,45+,46-,48+,49-,50+,51+,52+,55+,56+,57+,58-,59-/m1/s1. The summed E-state index contributed by atoms with van der Waals surface area (Å²) in [5, 5.41) is 37.3. The third-order valence-corrected chi connectivity index (χ3v) is 17.2. The van der Waals surface area contributed by atoms with E-state index in [1.165, 1.54) is 68.0 Å². The van der Waals surface area contributed by atoms with Gasteiger partial charge < -0.3 is 70.9 Å². The first-order valence-electron chi connectivity index (χ1n) is 33.6. The molecule has 26 nitrogen and oxygen atoms in total. The van der Waals surface area contributed by atoms with E-state index >= 15 is 14.4 Å². The van der Waals surface area contributed by atoms with E-state index in [0.717, 1.165) is 30.1 Å². The number of benzene rings is 1. The normalized spacial score (nSPS) is 25.4. The van der Waals surface area contributed by atoms with Crippen molar-refractivity contribution in [2.75, 3.05) is 48.8 Å². The number of carbonyl (C=O) groups is 12. The molecule has 0 aromatic heterocycles. The Bertz CT molecular complexity index is 2760. The van der Waals surface area contributed by atoms with Crippen molar-refractivity contribution >= 4 is 70.9 Å². The summed E-state index contributed by atoms with van der Waals surface area (Å²) in [6.07, 6.45) is -4.99. The Balaban J connectivity index is 3.04. The lowest BCUT2D eigenvalue weighted by atomic mass is 9.91. The van der Waals surface area contributed by atoms with Gasteiger partial charge in [-0.15, -0.1) is 0 Å². The minimum Gasteiger partial charge on any atom is -0.450 e. The molecule has 26 heteroatoms. The fourth-order valence-electron chi connectivity index (χ4n) is 11.6. The molecule has 0 aliphatic carbocycles. The van der Waals surface area contributed by atoms with Crippen LogP contribution in [0.15, 0.2) is 30.3 Å². The highest BCUT2D eigenvalue weighted by molar-refractivity contribution is 5.99. The van der Waals surface area contributed by atoms with Gasteiger partial charge in [0.05, 0.1) is 18.8 Å². The zero-order valence-corrected chi connectivity index (χ0v) is 61.0. The second kappa shape index (κ2) is 38.5. The van der Waals surface area contributed by atoms with Gasteiger partial charge in [0.15, 0.2) is 6.10 Å². The Morgan fingerprint density at radius 2 is 0.926 bits per heavy atom. The Morgan fingerprint density at radius 1 is 0.505 bits per heavy atom. The largest absolute Gasteiger partial charge is 0.450 e. The third-order valence-electron chi connectivity index (χ3n) is 17.2. The van der Waals surface area contributed by atoms with Crippen LogP contribution in [0.4, 0.5) is 0 Å². The highest BCUT2D eigenvalue weighted by atomic mass is 16.6. The van der Waals surface area contributed by atoms with E-state index in [9.17, 15) is 53.4 Å². The molecule has 2 rings (SSSR count). The van der Waals surface area contributed by atoms with Crippen LogP contribution in [0.1, 0.15) is 162 Å². The number of hydrogen-bond acceptors (Lipinski definition) is 15. The van der Waals surface area contributed by atoms with Crippen molar-refractivity contribution in [2.24, 2.45) is 47.3 Å². The first-order valence-corrected chi connectivity index (χ1v) is 33.6. The van der Waals surface area contributed by atoms with Gasteiger partial charge in [0.1, 0.15) is 54.4 Å². The summed E-state index contributed by atoms with van der Waals surface area (Å²) in [4.78, 5) is 182. The second-order valence-corrected chi connectivity index (χ2v) is 28.9. The van der Waals surface area contributed by atoms with E-state index in [1.807, 2.05) is 75.3 Å². The molecule has 13 atom stereocenters. The maximum absolute atomic E-state index is 15.3. The monoisotopic (exact) mass is 1340 g/mol. The lowest BCUT2D eigenvalue weighted by Gasteiger charge is -2.40. The van der Waals surface area contributed by atoms with Gasteiger partial charge in [0.2, 0.25) is 59.1 Å². The summed E-state index contributed by atoms with van der Waals surface area (Å²) >= 11 is 0. The predicted molar refractivity (Wildman–Crippen MR) is 360 cm³/mol. The number of ether oxygens (including phenoxy) is 1. The molecule has 0 unspecified atom stereocenters. The molecular weight excluding hydrogens is 1220 g/mol. The third kappa shape index (κ3) is 25.1. The Labute approximate surface area is 564 Å². The molecule has 1 heterocycles. The first-order chi connectivity index (χ1) is 44.0. The maximum atomic E-state index is 15.3. The molecule has 7 N–H and O–H groups in total. The molecular formula is C69H117N11O15. The van der Waals surface area contributed by atoms with Crippen molar-refractivity contribution in [1.82, 2.24) is 56.0 Å². The van der Waals surface area contributed by atoms with Crippen LogP contribution in [-0.4, -0.2) is 232 Å². The number of nitrogens with one attached hydrogen (secondary N) is 5. The number of aliphatic hydroxyl groups excluding tert-OH is 2. The zero-order valence-electron chi connectivity index (χ0n) is 61.0. The van der Waals surface area contributed by atoms with Gasteiger partial charge in [-0.2, -0.15) is 0 Å². The van der Waals surface area contributed by atoms with Gasteiger partial charge in [-0.05, 0) is 98.9 Å². The van der Waals surface area contributed by atoms with Crippen molar-refractivity contribution < 1.29 is 72.5 Å². The fraction of sp³-hybridized carbons (Fsp3) is 0.739. The molecule has 0 saturated carbocycles. The number of amides is 11. The van der Waals surface area contributed by atoms with Crippen molar-refractivity contribution in [3.05, 3.63) is 35.9 Å². The van der Waals surface area contributed by atoms with E-state index in [0.29, 0.717) is 0 Å². The SMILES string of the molecule is CC(C)C[C@@H]1NC(=O)[C@H](CC(C)C)N(C)C(=O)CN(C)C(=O)[C@H]([C@@H](C)O)NC(=O)[C@H]([C@H](O)[C@H](C)CC(=O)NCc2ccccc2)N(C)C(=O)[C@H](C(C)C)N(C)C(=O)[C@@H](CC(C)C)NC(=O)[C@H](CC(C)C)N(C)C(=O)[C@@H](C(C)C)OC(=O)[C@H](C)NC(=O)[C@H](CC(C)C)N(C)C1=O. The smallest absolute Gasteiger partial charge is 0.329 e. The number of hydrogen-bond donors (Lipinski definition) is 7. The van der Waals surface area contributed by atoms with Crippen LogP contribution < -0.4 is 26.6 Å². The summed E-state index contributed by atoms with van der Waals surface area (Å²) < 4.78 is 5.90. The van der Waals surface area contributed by atoms with Crippen molar-refractivity contribution in [1.29, 1.82) is 0 Å². The molecule has 95 heavy (non-hydrogen) atoms. The van der Waals surface area contributed by atoms with Gasteiger partial charge in [0.25, 0.3) is 5.91 Å². The molecule has 1 saturated heterocycles. The molecule has 0 bridgehead atoms. The molecule has 538 valence electrons. The minimum atomic E-state index is -1.93. The van der Waals surface area contributed by atoms with Crippen LogP contribution in [0.2, 0.25) is 0 Å². The van der Waals surface area contributed by atoms with Gasteiger partial charge in [-0.3, -0.25) is 52.7 Å². The Hall–Kier alpha value is -7.22. The maximum Gasteiger partial charge on any atom is 0.329 e. The number of cyclic esters (lactones) is 1. The molecule has 1 aliphatic heterocycles. The zero-order chi connectivity index (χ0) is 73.0. The van der Waals surface area contributed by atoms with Crippen LogP contribution in [0.3, 0.4) is 0 Å². The highest BCUT2D eigenvalue weighted by Gasteiger charge is 2.46. The number of aliphatic hydroxyl groups is 2. The van der Waals surface area contributed by atoms with Crippen molar-refractivity contribution in [3.63, 3.8) is 0 Å². The average molecular weight is 1340 g/mol. The van der Waals surface area contributed by atoms with Crippen molar-refractivity contribution in [2.45, 2.75) is 235 Å². The first kappa shape index (κ1) is 83.9. The number of carbonyl (C=O) groups excluding carboxylic acids is 12. The number of rotatable bonds is 19. The quantitative estimate of drug-likeness (QED) is 0.0979. The summed E-state index contributed by atoms with van der Waals surface area (Å²) in [5.41, 5.74) is 0.784. The average Bonchev–Trinajstić information content (AvgIpc) is 0.815. The molecule has 1 aliphatic rings.